The fraction of sp³-hybridized carbons (Fsp3) is 0.579. The van der Waals surface area contributed by atoms with Gasteiger partial charge in [0.05, 0.1) is 4.91 Å². The van der Waals surface area contributed by atoms with Crippen molar-refractivity contribution < 1.29 is 9.59 Å². The van der Waals surface area contributed by atoms with Gasteiger partial charge in [0.15, 0.2) is 5.82 Å². The summed E-state index contributed by atoms with van der Waals surface area (Å²) in [5, 5.41) is 1.90. The number of rotatable bonds is 4. The lowest BCUT2D eigenvalue weighted by Crippen LogP contribution is -2.53. The molecule has 1 N–H and O–H groups in total. The van der Waals surface area contributed by atoms with Gasteiger partial charge in [-0.2, -0.15) is 0 Å². The van der Waals surface area contributed by atoms with E-state index in [1.54, 1.807) is 12.3 Å². The monoisotopic (exact) mass is 402 g/mol. The number of piperazine rings is 1. The third-order valence-corrected chi connectivity index (χ3v) is 6.53. The van der Waals surface area contributed by atoms with E-state index in [1.165, 1.54) is 25.9 Å². The molecule has 0 aromatic carbocycles. The molecular formula is C19H26N6O2S. The van der Waals surface area contributed by atoms with Crippen molar-refractivity contribution in [2.24, 2.45) is 0 Å². The van der Waals surface area contributed by atoms with Crippen molar-refractivity contribution in [3.63, 3.8) is 0 Å². The van der Waals surface area contributed by atoms with Crippen LogP contribution in [0.4, 0.5) is 10.6 Å². The fourth-order valence-electron chi connectivity index (χ4n) is 4.06. The van der Waals surface area contributed by atoms with Crippen molar-refractivity contribution in [2.45, 2.75) is 25.8 Å². The average molecular weight is 403 g/mol. The molecule has 3 aliphatic heterocycles. The van der Waals surface area contributed by atoms with Gasteiger partial charge in [0.1, 0.15) is 5.82 Å². The summed E-state index contributed by atoms with van der Waals surface area (Å²) >= 11 is 0.886. The molecule has 4 rings (SSSR count). The standard InChI is InChI=1S/C19H26N6O2S/c1-2-23-7-4-14(5-8-23)24-9-11-25(12-10-24)17-3-6-20-16(21-17)13-15-18(26)22-19(27)28-15/h3,6,13-14H,2,4-5,7-12H2,1H3,(H,22,26,27)/b15-13+. The Kier molecular flexibility index (Phi) is 5.93. The summed E-state index contributed by atoms with van der Waals surface area (Å²) in [6.45, 7) is 9.78. The number of hydrogen-bond acceptors (Lipinski definition) is 8. The molecule has 0 spiro atoms. The Labute approximate surface area is 169 Å². The smallest absolute Gasteiger partial charge is 0.290 e. The summed E-state index contributed by atoms with van der Waals surface area (Å²) in [5.74, 6) is 0.947. The van der Waals surface area contributed by atoms with E-state index in [2.05, 4.69) is 36.9 Å². The number of piperidine rings is 1. The van der Waals surface area contributed by atoms with Crippen LogP contribution < -0.4 is 10.2 Å². The summed E-state index contributed by atoms with van der Waals surface area (Å²) in [7, 11) is 0. The molecule has 150 valence electrons. The number of amides is 2. The van der Waals surface area contributed by atoms with E-state index >= 15 is 0 Å². The molecule has 0 atom stereocenters. The molecule has 9 heteroatoms. The maximum Gasteiger partial charge on any atom is 0.290 e. The van der Waals surface area contributed by atoms with Crippen LogP contribution in [0.15, 0.2) is 17.2 Å². The Hall–Kier alpha value is -1.97. The highest BCUT2D eigenvalue weighted by Gasteiger charge is 2.28. The van der Waals surface area contributed by atoms with E-state index < -0.39 is 0 Å². The van der Waals surface area contributed by atoms with E-state index in [0.29, 0.717) is 16.8 Å². The lowest BCUT2D eigenvalue weighted by atomic mass is 10.0. The quantitative estimate of drug-likeness (QED) is 0.757. The molecule has 3 aliphatic rings. The average Bonchev–Trinajstić information content (AvgIpc) is 3.05. The molecule has 0 aliphatic carbocycles. The summed E-state index contributed by atoms with van der Waals surface area (Å²) in [4.78, 5) is 39.6. The van der Waals surface area contributed by atoms with E-state index in [1.807, 2.05) is 6.07 Å². The van der Waals surface area contributed by atoms with Crippen LogP contribution in [0.3, 0.4) is 0 Å². The number of thioether (sulfide) groups is 1. The molecule has 3 saturated heterocycles. The number of imide groups is 1. The number of likely N-dealkylation sites (tertiary alicyclic amines) is 1. The van der Waals surface area contributed by atoms with Crippen LogP contribution in [0, 0.1) is 0 Å². The second kappa shape index (κ2) is 8.59. The number of anilines is 1. The van der Waals surface area contributed by atoms with Crippen LogP contribution in [-0.2, 0) is 4.79 Å². The van der Waals surface area contributed by atoms with Crippen LogP contribution in [0.1, 0.15) is 25.6 Å². The summed E-state index contributed by atoms with van der Waals surface area (Å²) in [5.41, 5.74) is 0. The predicted molar refractivity (Wildman–Crippen MR) is 110 cm³/mol. The molecule has 1 aromatic rings. The molecule has 8 nitrogen and oxygen atoms in total. The highest BCUT2D eigenvalue weighted by atomic mass is 32.2. The van der Waals surface area contributed by atoms with Crippen LogP contribution in [0.5, 0.6) is 0 Å². The van der Waals surface area contributed by atoms with Crippen molar-refractivity contribution in [3.8, 4) is 0 Å². The lowest BCUT2D eigenvalue weighted by molar-refractivity contribution is -0.115. The Morgan fingerprint density at radius 1 is 1.18 bits per heavy atom. The minimum Gasteiger partial charge on any atom is -0.354 e. The van der Waals surface area contributed by atoms with Gasteiger partial charge in [-0.15, -0.1) is 0 Å². The van der Waals surface area contributed by atoms with Crippen molar-refractivity contribution >= 4 is 34.8 Å². The molecule has 3 fully saturated rings. The SMILES string of the molecule is CCN1CCC(N2CCN(c3ccnc(/C=C4/SC(=O)NC4=O)n3)CC2)CC1. The van der Waals surface area contributed by atoms with Gasteiger partial charge >= 0.3 is 0 Å². The van der Waals surface area contributed by atoms with Crippen LogP contribution >= 0.6 is 11.8 Å². The molecule has 1 aromatic heterocycles. The number of carbonyl (C=O) groups excluding carboxylic acids is 2. The zero-order chi connectivity index (χ0) is 19.5. The zero-order valence-corrected chi connectivity index (χ0v) is 17.0. The lowest BCUT2D eigenvalue weighted by Gasteiger charge is -2.43. The van der Waals surface area contributed by atoms with Gasteiger partial charge in [0, 0.05) is 44.5 Å². The number of aromatic nitrogens is 2. The highest BCUT2D eigenvalue weighted by Crippen LogP contribution is 2.25. The number of nitrogens with zero attached hydrogens (tertiary/aromatic N) is 5. The molecule has 0 saturated carbocycles. The van der Waals surface area contributed by atoms with Crippen molar-refractivity contribution in [1.82, 2.24) is 25.1 Å². The maximum atomic E-state index is 11.7. The minimum absolute atomic E-state index is 0.338. The molecule has 0 unspecified atom stereocenters. The highest BCUT2D eigenvalue weighted by molar-refractivity contribution is 8.18. The summed E-state index contributed by atoms with van der Waals surface area (Å²) < 4.78 is 0. The Balaban J connectivity index is 1.36. The third-order valence-electron chi connectivity index (χ3n) is 5.72. The second-order valence-corrected chi connectivity index (χ2v) is 8.33. The van der Waals surface area contributed by atoms with Crippen LogP contribution in [0.2, 0.25) is 0 Å². The normalized spacial score (nSPS) is 24.2. The number of nitrogens with one attached hydrogen (secondary N) is 1. The Morgan fingerprint density at radius 2 is 1.93 bits per heavy atom. The summed E-state index contributed by atoms with van der Waals surface area (Å²) in [6, 6.07) is 2.61. The van der Waals surface area contributed by atoms with Gasteiger partial charge < -0.3 is 9.80 Å². The van der Waals surface area contributed by atoms with Gasteiger partial charge in [-0.25, -0.2) is 9.97 Å². The largest absolute Gasteiger partial charge is 0.354 e. The molecule has 0 bridgehead atoms. The zero-order valence-electron chi connectivity index (χ0n) is 16.1. The van der Waals surface area contributed by atoms with Gasteiger partial charge in [-0.3, -0.25) is 19.8 Å². The van der Waals surface area contributed by atoms with Gasteiger partial charge in [-0.05, 0) is 50.3 Å². The topological polar surface area (TPSA) is 81.7 Å². The molecule has 28 heavy (non-hydrogen) atoms. The van der Waals surface area contributed by atoms with Crippen LogP contribution in [0.25, 0.3) is 6.08 Å². The molecule has 4 heterocycles. The van der Waals surface area contributed by atoms with E-state index in [-0.39, 0.29) is 11.1 Å². The molecule has 0 radical (unpaired) electrons. The van der Waals surface area contributed by atoms with Crippen LogP contribution in [-0.4, -0.2) is 82.8 Å². The van der Waals surface area contributed by atoms with Crippen molar-refractivity contribution in [3.05, 3.63) is 23.0 Å². The first-order valence-electron chi connectivity index (χ1n) is 9.91. The van der Waals surface area contributed by atoms with Gasteiger partial charge in [0.25, 0.3) is 11.1 Å². The third kappa shape index (κ3) is 4.37. The number of carbonyl (C=O) groups is 2. The summed E-state index contributed by atoms with van der Waals surface area (Å²) in [6.07, 6.45) is 5.81. The first-order chi connectivity index (χ1) is 13.6. The van der Waals surface area contributed by atoms with E-state index in [4.69, 9.17) is 0 Å². The van der Waals surface area contributed by atoms with E-state index in [9.17, 15) is 9.59 Å². The predicted octanol–water partition coefficient (Wildman–Crippen LogP) is 1.41. The van der Waals surface area contributed by atoms with Crippen molar-refractivity contribution in [1.29, 1.82) is 0 Å². The first kappa shape index (κ1) is 19.4. The fourth-order valence-corrected chi connectivity index (χ4v) is 4.72. The van der Waals surface area contributed by atoms with Gasteiger partial charge in [0.2, 0.25) is 0 Å². The Morgan fingerprint density at radius 3 is 2.57 bits per heavy atom. The maximum absolute atomic E-state index is 11.7. The van der Waals surface area contributed by atoms with Crippen molar-refractivity contribution in [2.75, 3.05) is 50.7 Å². The minimum atomic E-state index is -0.383. The Bertz CT molecular complexity index is 769. The van der Waals surface area contributed by atoms with E-state index in [0.717, 1.165) is 50.3 Å². The first-order valence-corrected chi connectivity index (χ1v) is 10.7. The number of hydrogen-bond donors (Lipinski definition) is 1. The second-order valence-electron chi connectivity index (χ2n) is 7.31. The molecule has 2 amide bonds. The molecular weight excluding hydrogens is 376 g/mol. The van der Waals surface area contributed by atoms with Gasteiger partial charge in [-0.1, -0.05) is 6.92 Å².